The van der Waals surface area contributed by atoms with Crippen LogP contribution < -0.4 is 5.32 Å². The van der Waals surface area contributed by atoms with Gasteiger partial charge >= 0.3 is 0 Å². The molecule has 0 aromatic carbocycles. The Morgan fingerprint density at radius 2 is 2.12 bits per heavy atom. The van der Waals surface area contributed by atoms with Gasteiger partial charge in [0.05, 0.1) is 18.2 Å². The van der Waals surface area contributed by atoms with Crippen molar-refractivity contribution in [2.75, 3.05) is 40.0 Å². The second kappa shape index (κ2) is 9.69. The molecule has 1 amide bonds. The molecule has 2 aliphatic rings. The Bertz CT molecular complexity index is 562. The van der Waals surface area contributed by atoms with Crippen LogP contribution in [0.5, 0.6) is 0 Å². The van der Waals surface area contributed by atoms with E-state index in [1.54, 1.807) is 13.3 Å². The van der Waals surface area contributed by atoms with Crippen LogP contribution in [0, 0.1) is 0 Å². The summed E-state index contributed by atoms with van der Waals surface area (Å²) >= 11 is 1.40. The van der Waals surface area contributed by atoms with E-state index < -0.39 is 4.93 Å². The summed E-state index contributed by atoms with van der Waals surface area (Å²) in [6.45, 7) is 3.53. The van der Waals surface area contributed by atoms with E-state index in [-0.39, 0.29) is 11.9 Å². The first kappa shape index (κ1) is 19.6. The summed E-state index contributed by atoms with van der Waals surface area (Å²) in [6.07, 6.45) is 7.48. The van der Waals surface area contributed by atoms with Crippen molar-refractivity contribution in [1.29, 1.82) is 0 Å². The van der Waals surface area contributed by atoms with E-state index in [0.29, 0.717) is 19.8 Å². The number of rotatable bonds is 7. The van der Waals surface area contributed by atoms with E-state index in [9.17, 15) is 4.79 Å². The minimum absolute atomic E-state index is 0.0472. The number of aromatic nitrogens is 1. The van der Waals surface area contributed by atoms with E-state index in [2.05, 4.69) is 15.2 Å². The normalized spacial score (nSPS) is 21.9. The summed E-state index contributed by atoms with van der Waals surface area (Å²) in [5.41, 5.74) is 0. The zero-order valence-corrected chi connectivity index (χ0v) is 16.3. The van der Waals surface area contributed by atoms with Crippen molar-refractivity contribution in [2.24, 2.45) is 0 Å². The average molecular weight is 380 g/mol. The highest BCUT2D eigenvalue weighted by molar-refractivity contribution is 8.01. The number of morpholine rings is 1. The molecule has 1 N–H and O–H groups in total. The Hall–Kier alpha value is -1.15. The Balaban J connectivity index is 1.76. The van der Waals surface area contributed by atoms with Gasteiger partial charge in [-0.2, -0.15) is 0 Å². The van der Waals surface area contributed by atoms with Crippen LogP contribution >= 0.6 is 11.8 Å². The molecule has 2 fully saturated rings. The van der Waals surface area contributed by atoms with Crippen molar-refractivity contribution in [3.05, 3.63) is 24.4 Å². The number of hydrogen-bond donors (Lipinski definition) is 1. The fourth-order valence-corrected chi connectivity index (χ4v) is 4.60. The second-order valence-corrected chi connectivity index (χ2v) is 8.21. The molecule has 1 aromatic heterocycles. The van der Waals surface area contributed by atoms with Crippen molar-refractivity contribution < 1.29 is 14.3 Å². The zero-order valence-electron chi connectivity index (χ0n) is 15.5. The molecule has 0 spiro atoms. The molecule has 0 radical (unpaired) electrons. The second-order valence-electron chi connectivity index (χ2n) is 6.92. The third kappa shape index (κ3) is 5.19. The number of carbonyl (C=O) groups excluding carboxylic acids is 1. The van der Waals surface area contributed by atoms with Crippen molar-refractivity contribution in [3.8, 4) is 0 Å². The smallest absolute Gasteiger partial charge is 0.264 e. The van der Waals surface area contributed by atoms with Gasteiger partial charge in [0.25, 0.3) is 5.91 Å². The first-order valence-electron chi connectivity index (χ1n) is 9.48. The Morgan fingerprint density at radius 1 is 1.35 bits per heavy atom. The van der Waals surface area contributed by atoms with E-state index in [1.165, 1.54) is 31.0 Å². The summed E-state index contributed by atoms with van der Waals surface area (Å²) in [4.78, 5) is 18.9. The lowest BCUT2D eigenvalue weighted by Crippen LogP contribution is -2.56. The predicted molar refractivity (Wildman–Crippen MR) is 102 cm³/mol. The third-order valence-corrected chi connectivity index (χ3v) is 6.32. The molecule has 1 aliphatic carbocycles. The van der Waals surface area contributed by atoms with Gasteiger partial charge in [-0.1, -0.05) is 37.1 Å². The van der Waals surface area contributed by atoms with Gasteiger partial charge in [0.15, 0.2) is 0 Å². The Morgan fingerprint density at radius 3 is 2.77 bits per heavy atom. The highest BCUT2D eigenvalue weighted by Crippen LogP contribution is 2.34. The van der Waals surface area contributed by atoms with Gasteiger partial charge in [-0.3, -0.25) is 9.69 Å². The van der Waals surface area contributed by atoms with Gasteiger partial charge in [-0.25, -0.2) is 4.98 Å². The molecule has 1 saturated carbocycles. The quantitative estimate of drug-likeness (QED) is 0.579. The van der Waals surface area contributed by atoms with Crippen LogP contribution in [-0.4, -0.2) is 66.7 Å². The summed E-state index contributed by atoms with van der Waals surface area (Å²) in [7, 11) is 1.62. The molecule has 26 heavy (non-hydrogen) atoms. The van der Waals surface area contributed by atoms with Gasteiger partial charge in [-0.15, -0.1) is 0 Å². The molecule has 1 atom stereocenters. The molecule has 144 valence electrons. The lowest BCUT2D eigenvalue weighted by atomic mass is 9.95. The standard InChI is InChI=1S/C19H29N3O3S/c1-24-19(15-22-11-13-25-14-12-22,26-17-9-5-6-10-20-17)18(23)21-16-7-3-2-4-8-16/h5-6,9-10,16H,2-4,7-8,11-15H2,1H3,(H,21,23). The van der Waals surface area contributed by atoms with Gasteiger partial charge < -0.3 is 14.8 Å². The molecule has 1 unspecified atom stereocenters. The number of methoxy groups -OCH3 is 1. The number of ether oxygens (including phenoxy) is 2. The highest BCUT2D eigenvalue weighted by atomic mass is 32.2. The number of carbonyl (C=O) groups is 1. The van der Waals surface area contributed by atoms with Crippen LogP contribution in [0.1, 0.15) is 32.1 Å². The van der Waals surface area contributed by atoms with Gasteiger partial charge in [0.2, 0.25) is 4.93 Å². The van der Waals surface area contributed by atoms with Crippen LogP contribution in [0.4, 0.5) is 0 Å². The lowest BCUT2D eigenvalue weighted by molar-refractivity contribution is -0.137. The number of nitrogens with zero attached hydrogens (tertiary/aromatic N) is 2. The fourth-order valence-electron chi connectivity index (χ4n) is 3.52. The maximum absolute atomic E-state index is 13.3. The summed E-state index contributed by atoms with van der Waals surface area (Å²) < 4.78 is 11.3. The summed E-state index contributed by atoms with van der Waals surface area (Å²) in [6, 6.07) is 5.98. The van der Waals surface area contributed by atoms with Gasteiger partial charge in [0.1, 0.15) is 0 Å². The van der Waals surface area contributed by atoms with Crippen LogP contribution in [0.15, 0.2) is 29.4 Å². The van der Waals surface area contributed by atoms with Crippen LogP contribution in [0.25, 0.3) is 0 Å². The molecule has 0 bridgehead atoms. The number of nitrogens with one attached hydrogen (secondary N) is 1. The molecule has 3 rings (SSSR count). The maximum atomic E-state index is 13.3. The molecule has 6 nitrogen and oxygen atoms in total. The lowest BCUT2D eigenvalue weighted by Gasteiger charge is -2.38. The molecule has 1 aliphatic heterocycles. The number of hydrogen-bond acceptors (Lipinski definition) is 6. The number of pyridine rings is 1. The van der Waals surface area contributed by atoms with Crippen molar-refractivity contribution in [1.82, 2.24) is 15.2 Å². The minimum atomic E-state index is -1.01. The van der Waals surface area contributed by atoms with E-state index in [1.807, 2.05) is 18.2 Å². The zero-order chi connectivity index (χ0) is 18.2. The van der Waals surface area contributed by atoms with Crippen LogP contribution in [0.2, 0.25) is 0 Å². The van der Waals surface area contributed by atoms with Gasteiger partial charge in [-0.05, 0) is 25.0 Å². The van der Waals surface area contributed by atoms with Crippen molar-refractivity contribution >= 4 is 17.7 Å². The Kier molecular flexibility index (Phi) is 7.31. The molecule has 7 heteroatoms. The third-order valence-electron chi connectivity index (χ3n) is 5.06. The summed E-state index contributed by atoms with van der Waals surface area (Å²) in [5, 5.41) is 4.04. The summed E-state index contributed by atoms with van der Waals surface area (Å²) in [5.74, 6) is -0.0472. The topological polar surface area (TPSA) is 63.7 Å². The average Bonchev–Trinajstić information content (AvgIpc) is 2.70. The molecule has 2 heterocycles. The number of amides is 1. The maximum Gasteiger partial charge on any atom is 0.264 e. The molecular formula is C19H29N3O3S. The first-order valence-corrected chi connectivity index (χ1v) is 10.3. The minimum Gasteiger partial charge on any atom is -0.379 e. The monoisotopic (exact) mass is 379 g/mol. The van der Waals surface area contributed by atoms with Crippen molar-refractivity contribution in [3.63, 3.8) is 0 Å². The first-order chi connectivity index (χ1) is 12.7. The number of thioether (sulfide) groups is 1. The highest BCUT2D eigenvalue weighted by Gasteiger charge is 2.43. The van der Waals surface area contributed by atoms with Crippen LogP contribution in [-0.2, 0) is 14.3 Å². The SMILES string of the molecule is COC(CN1CCOCC1)(Sc1ccccn1)C(=O)NC1CCCCC1. The molecule has 1 saturated heterocycles. The van der Waals surface area contributed by atoms with E-state index >= 15 is 0 Å². The van der Waals surface area contributed by atoms with Gasteiger partial charge in [0, 0.05) is 39.0 Å². The van der Waals surface area contributed by atoms with E-state index in [0.717, 1.165) is 31.0 Å². The van der Waals surface area contributed by atoms with E-state index in [4.69, 9.17) is 9.47 Å². The molecular weight excluding hydrogens is 350 g/mol. The van der Waals surface area contributed by atoms with Crippen LogP contribution in [0.3, 0.4) is 0 Å². The largest absolute Gasteiger partial charge is 0.379 e. The Labute approximate surface area is 160 Å². The fraction of sp³-hybridized carbons (Fsp3) is 0.684. The molecule has 1 aromatic rings. The van der Waals surface area contributed by atoms with Crippen molar-refractivity contribution in [2.45, 2.75) is 48.1 Å². The predicted octanol–water partition coefficient (Wildman–Crippen LogP) is 2.30.